The zero-order valence-corrected chi connectivity index (χ0v) is 9.88. The molecule has 0 aliphatic rings. The van der Waals surface area contributed by atoms with Crippen LogP contribution >= 0.6 is 11.8 Å². The molecule has 0 unspecified atom stereocenters. The van der Waals surface area contributed by atoms with Crippen molar-refractivity contribution in [3.63, 3.8) is 0 Å². The lowest BCUT2D eigenvalue weighted by Crippen LogP contribution is -2.04. The van der Waals surface area contributed by atoms with Crippen molar-refractivity contribution in [3.05, 3.63) is 32.5 Å². The number of hydrogen-bond acceptors (Lipinski definition) is 8. The van der Waals surface area contributed by atoms with Gasteiger partial charge < -0.3 is 4.74 Å². The quantitative estimate of drug-likeness (QED) is 0.338. The molecule has 1 rings (SSSR count). The maximum atomic E-state index is 10.9. The summed E-state index contributed by atoms with van der Waals surface area (Å²) < 4.78 is 4.37. The fourth-order valence-electron chi connectivity index (χ4n) is 0.958. The van der Waals surface area contributed by atoms with Crippen LogP contribution in [0.5, 0.6) is 0 Å². The van der Waals surface area contributed by atoms with Crippen LogP contribution < -0.4 is 0 Å². The number of pyridine rings is 1. The van der Waals surface area contributed by atoms with Gasteiger partial charge in [0.2, 0.25) is 0 Å². The fourth-order valence-corrected chi connectivity index (χ4v) is 1.74. The first-order valence-corrected chi connectivity index (χ1v) is 5.42. The summed E-state index contributed by atoms with van der Waals surface area (Å²) in [6, 6.07) is 0.798. The Morgan fingerprint density at radius 2 is 2.11 bits per heavy atom. The average Bonchev–Trinajstić information content (AvgIpc) is 2.35. The van der Waals surface area contributed by atoms with Crippen molar-refractivity contribution in [1.29, 1.82) is 0 Å². The van der Waals surface area contributed by atoms with Crippen LogP contribution in [0, 0.1) is 20.2 Å². The van der Waals surface area contributed by atoms with Crippen LogP contribution in [0.15, 0.2) is 17.3 Å². The standard InChI is InChI=1S/C8H7N3O6S/c1-17-7(12)4-18-8-6(11(15)16)2-5(3-9-8)10(13)14/h2-3H,4H2,1H3. The molecule has 0 saturated carbocycles. The summed E-state index contributed by atoms with van der Waals surface area (Å²) in [5.74, 6) is -0.739. The molecule has 0 aliphatic carbocycles. The van der Waals surface area contributed by atoms with Crippen molar-refractivity contribution >= 4 is 29.1 Å². The Balaban J connectivity index is 3.00. The fraction of sp³-hybridized carbons (Fsp3) is 0.250. The lowest BCUT2D eigenvalue weighted by molar-refractivity contribution is -0.396. The molecule has 10 heteroatoms. The molecule has 0 N–H and O–H groups in total. The van der Waals surface area contributed by atoms with Gasteiger partial charge in [0.15, 0.2) is 5.03 Å². The highest BCUT2D eigenvalue weighted by Gasteiger charge is 2.22. The smallest absolute Gasteiger partial charge is 0.316 e. The van der Waals surface area contributed by atoms with Crippen molar-refractivity contribution in [3.8, 4) is 0 Å². The van der Waals surface area contributed by atoms with Gasteiger partial charge in [-0.3, -0.25) is 25.0 Å². The number of nitrogens with zero attached hydrogens (tertiary/aromatic N) is 3. The van der Waals surface area contributed by atoms with Gasteiger partial charge >= 0.3 is 11.7 Å². The van der Waals surface area contributed by atoms with E-state index in [1.54, 1.807) is 0 Å². The first-order chi connectivity index (χ1) is 8.45. The molecule has 0 spiro atoms. The molecule has 0 aromatic carbocycles. The monoisotopic (exact) mass is 273 g/mol. The molecule has 1 aromatic rings. The van der Waals surface area contributed by atoms with Crippen LogP contribution in [0.2, 0.25) is 0 Å². The van der Waals surface area contributed by atoms with Gasteiger partial charge in [-0.2, -0.15) is 0 Å². The molecule has 0 radical (unpaired) electrons. The first kappa shape index (κ1) is 13.8. The largest absolute Gasteiger partial charge is 0.468 e. The average molecular weight is 273 g/mol. The van der Waals surface area contributed by atoms with E-state index in [2.05, 4.69) is 9.72 Å². The highest BCUT2D eigenvalue weighted by Crippen LogP contribution is 2.29. The van der Waals surface area contributed by atoms with Crippen molar-refractivity contribution < 1.29 is 19.4 Å². The van der Waals surface area contributed by atoms with E-state index in [4.69, 9.17) is 0 Å². The molecule has 0 amide bonds. The van der Waals surface area contributed by atoms with E-state index in [1.165, 1.54) is 7.11 Å². The van der Waals surface area contributed by atoms with Crippen LogP contribution in [-0.4, -0.2) is 33.7 Å². The zero-order chi connectivity index (χ0) is 13.7. The van der Waals surface area contributed by atoms with E-state index in [1.807, 2.05) is 0 Å². The third kappa shape index (κ3) is 3.38. The summed E-state index contributed by atoms with van der Waals surface area (Å²) in [4.78, 5) is 34.1. The molecule has 9 nitrogen and oxygen atoms in total. The number of hydrogen-bond donors (Lipinski definition) is 0. The van der Waals surface area contributed by atoms with Crippen molar-refractivity contribution in [1.82, 2.24) is 4.98 Å². The van der Waals surface area contributed by atoms with E-state index < -0.39 is 27.2 Å². The van der Waals surface area contributed by atoms with E-state index >= 15 is 0 Å². The highest BCUT2D eigenvalue weighted by atomic mass is 32.2. The number of thioether (sulfide) groups is 1. The third-order valence-electron chi connectivity index (χ3n) is 1.78. The van der Waals surface area contributed by atoms with Gasteiger partial charge in [0.05, 0.1) is 28.8 Å². The van der Waals surface area contributed by atoms with Gasteiger partial charge in [-0.15, -0.1) is 0 Å². The molecule has 0 bridgehead atoms. The molecule has 1 aromatic heterocycles. The van der Waals surface area contributed by atoms with Crippen LogP contribution in [0.4, 0.5) is 11.4 Å². The normalized spacial score (nSPS) is 9.83. The van der Waals surface area contributed by atoms with E-state index in [0.29, 0.717) is 0 Å². The Hall–Kier alpha value is -2.23. The number of esters is 1. The summed E-state index contributed by atoms with van der Waals surface area (Å²) >= 11 is 0.779. The van der Waals surface area contributed by atoms with Gasteiger partial charge in [-0.05, 0) is 0 Å². The zero-order valence-electron chi connectivity index (χ0n) is 9.06. The van der Waals surface area contributed by atoms with Crippen molar-refractivity contribution in [2.24, 2.45) is 0 Å². The molecular weight excluding hydrogens is 266 g/mol. The topological polar surface area (TPSA) is 125 Å². The summed E-state index contributed by atoms with van der Waals surface area (Å²) in [5.41, 5.74) is -0.998. The lowest BCUT2D eigenvalue weighted by Gasteiger charge is -2.01. The molecular formula is C8H7N3O6S. The van der Waals surface area contributed by atoms with Crippen molar-refractivity contribution in [2.45, 2.75) is 5.03 Å². The second-order valence-electron chi connectivity index (χ2n) is 2.90. The van der Waals surface area contributed by atoms with Gasteiger partial charge in [-0.1, -0.05) is 11.8 Å². The Labute approximate surface area is 104 Å². The Bertz CT molecular complexity index is 506. The third-order valence-corrected chi connectivity index (χ3v) is 2.75. The van der Waals surface area contributed by atoms with Gasteiger partial charge in [0.25, 0.3) is 5.69 Å². The summed E-state index contributed by atoms with van der Waals surface area (Å²) in [6.45, 7) is 0. The van der Waals surface area contributed by atoms with Crippen LogP contribution in [0.25, 0.3) is 0 Å². The second kappa shape index (κ2) is 5.91. The van der Waals surface area contributed by atoms with E-state index in [-0.39, 0.29) is 10.8 Å². The van der Waals surface area contributed by atoms with E-state index in [0.717, 1.165) is 24.0 Å². The molecule has 96 valence electrons. The number of rotatable bonds is 5. The summed E-state index contributed by atoms with van der Waals surface area (Å²) in [6.07, 6.45) is 0.895. The van der Waals surface area contributed by atoms with Gasteiger partial charge in [0.1, 0.15) is 6.20 Å². The maximum Gasteiger partial charge on any atom is 0.316 e. The molecule has 18 heavy (non-hydrogen) atoms. The molecule has 0 saturated heterocycles. The van der Waals surface area contributed by atoms with E-state index in [9.17, 15) is 25.0 Å². The Kier molecular flexibility index (Phi) is 4.54. The highest BCUT2D eigenvalue weighted by molar-refractivity contribution is 8.00. The number of methoxy groups -OCH3 is 1. The Morgan fingerprint density at radius 3 is 2.61 bits per heavy atom. The number of ether oxygens (including phenoxy) is 1. The maximum absolute atomic E-state index is 10.9. The van der Waals surface area contributed by atoms with Gasteiger partial charge in [0, 0.05) is 0 Å². The first-order valence-electron chi connectivity index (χ1n) is 4.44. The molecule has 1 heterocycles. The predicted octanol–water partition coefficient (Wildman–Crippen LogP) is 1.16. The minimum atomic E-state index is -0.792. The van der Waals surface area contributed by atoms with Crippen molar-refractivity contribution in [2.75, 3.05) is 12.9 Å². The second-order valence-corrected chi connectivity index (χ2v) is 3.86. The van der Waals surface area contributed by atoms with Gasteiger partial charge in [-0.25, -0.2) is 4.98 Å². The number of carbonyl (C=O) groups is 1. The summed E-state index contributed by atoms with van der Waals surface area (Å²) in [5, 5.41) is 21.1. The Morgan fingerprint density at radius 1 is 1.44 bits per heavy atom. The van der Waals surface area contributed by atoms with Crippen LogP contribution in [0.1, 0.15) is 0 Å². The molecule has 0 atom stereocenters. The minimum Gasteiger partial charge on any atom is -0.468 e. The number of nitro groups is 2. The van der Waals surface area contributed by atoms with Crippen LogP contribution in [0.3, 0.4) is 0 Å². The number of carbonyl (C=O) groups excluding carboxylic acids is 1. The molecule has 0 fully saturated rings. The molecule has 0 aliphatic heterocycles. The predicted molar refractivity (Wildman–Crippen MR) is 60.3 cm³/mol. The number of aromatic nitrogens is 1. The minimum absolute atomic E-state index is 0.0731. The lowest BCUT2D eigenvalue weighted by atomic mass is 10.4. The van der Waals surface area contributed by atoms with Crippen LogP contribution in [-0.2, 0) is 9.53 Å². The summed E-state index contributed by atoms with van der Waals surface area (Å²) in [7, 11) is 1.18. The SMILES string of the molecule is COC(=O)CSc1ncc([N+](=O)[O-])cc1[N+](=O)[O-].